The Bertz CT molecular complexity index is 595. The molecule has 0 aromatic carbocycles. The molecule has 0 heterocycles. The molecule has 6 N–H and O–H groups in total. The Balaban J connectivity index is 4.27. The molecular weight excluding hydrogens is 546 g/mol. The number of rotatable bonds is 17. The van der Waals surface area contributed by atoms with Crippen LogP contribution < -0.4 is 27.0 Å². The van der Waals surface area contributed by atoms with Gasteiger partial charge < -0.3 is 27.0 Å². The van der Waals surface area contributed by atoms with Crippen molar-refractivity contribution in [2.75, 3.05) is 30.3 Å². The van der Waals surface area contributed by atoms with Crippen molar-refractivity contribution < 1.29 is 19.2 Å². The molecule has 0 aliphatic heterocycles. The van der Waals surface area contributed by atoms with E-state index in [0.29, 0.717) is 31.8 Å². The maximum Gasteiger partial charge on any atom is 0.312 e. The van der Waals surface area contributed by atoms with Gasteiger partial charge in [-0.15, -0.1) is 0 Å². The zero-order valence-corrected chi connectivity index (χ0v) is 22.6. The van der Waals surface area contributed by atoms with E-state index in [2.05, 4.69) is 53.1 Å². The van der Waals surface area contributed by atoms with Gasteiger partial charge in [-0.2, -0.15) is 0 Å². The standard InChI is InChI=1S/C21H39Br2N5O4/c1-21(2,3)19(31)16(8-7-11-26-20(24)32)28-18(30)14-27-17(29)9-5-4-6-10-25-15(12-22)13-23/h15-16,25H,4-14H2,1-3H3,(H,27,29)(H,28,30)(H3,24,26,32)/t16-/m0/s1. The molecule has 186 valence electrons. The maximum atomic E-state index is 12.7. The summed E-state index contributed by atoms with van der Waals surface area (Å²) in [5, 5.41) is 13.0. The Hall–Kier alpha value is -1.20. The van der Waals surface area contributed by atoms with Gasteiger partial charge in [0, 0.05) is 35.1 Å². The van der Waals surface area contributed by atoms with Crippen molar-refractivity contribution in [1.29, 1.82) is 0 Å². The van der Waals surface area contributed by atoms with Crippen LogP contribution in [-0.4, -0.2) is 66.0 Å². The zero-order valence-electron chi connectivity index (χ0n) is 19.4. The van der Waals surface area contributed by atoms with E-state index in [1.54, 1.807) is 20.8 Å². The van der Waals surface area contributed by atoms with Crippen LogP contribution in [-0.2, 0) is 14.4 Å². The van der Waals surface area contributed by atoms with Gasteiger partial charge in [0.05, 0.1) is 12.6 Å². The predicted molar refractivity (Wildman–Crippen MR) is 134 cm³/mol. The van der Waals surface area contributed by atoms with Crippen LogP contribution in [0.25, 0.3) is 0 Å². The van der Waals surface area contributed by atoms with Crippen LogP contribution in [0.5, 0.6) is 0 Å². The number of alkyl halides is 2. The molecule has 0 aliphatic rings. The van der Waals surface area contributed by atoms with E-state index in [-0.39, 0.29) is 18.2 Å². The predicted octanol–water partition coefficient (Wildman–Crippen LogP) is 1.96. The fourth-order valence-electron chi connectivity index (χ4n) is 2.87. The van der Waals surface area contributed by atoms with Crippen LogP contribution in [0.4, 0.5) is 4.79 Å². The van der Waals surface area contributed by atoms with Gasteiger partial charge in [0.2, 0.25) is 11.8 Å². The van der Waals surface area contributed by atoms with Crippen molar-refractivity contribution in [1.82, 2.24) is 21.3 Å². The third kappa shape index (κ3) is 15.6. The minimum Gasteiger partial charge on any atom is -0.352 e. The van der Waals surface area contributed by atoms with Crippen molar-refractivity contribution in [2.24, 2.45) is 11.1 Å². The monoisotopic (exact) mass is 583 g/mol. The highest BCUT2D eigenvalue weighted by atomic mass is 79.9. The van der Waals surface area contributed by atoms with Gasteiger partial charge in [0.15, 0.2) is 5.78 Å². The second-order valence-electron chi connectivity index (χ2n) is 8.71. The highest BCUT2D eigenvalue weighted by Crippen LogP contribution is 2.19. The number of unbranched alkanes of at least 4 members (excludes halogenated alkanes) is 2. The lowest BCUT2D eigenvalue weighted by atomic mass is 9.85. The quantitative estimate of drug-likeness (QED) is 0.131. The van der Waals surface area contributed by atoms with Crippen molar-refractivity contribution in [3.8, 4) is 0 Å². The average molecular weight is 585 g/mol. The molecule has 0 aliphatic carbocycles. The second kappa shape index (κ2) is 17.3. The largest absolute Gasteiger partial charge is 0.352 e. The minimum absolute atomic E-state index is 0.105. The number of hydrogen-bond acceptors (Lipinski definition) is 5. The lowest BCUT2D eigenvalue weighted by Gasteiger charge is -2.25. The number of carbonyl (C=O) groups is 4. The normalized spacial score (nSPS) is 12.3. The molecule has 1 atom stereocenters. The summed E-state index contributed by atoms with van der Waals surface area (Å²) >= 11 is 6.89. The molecule has 0 aromatic rings. The molecule has 0 saturated heterocycles. The number of primary amides is 1. The number of hydrogen-bond donors (Lipinski definition) is 5. The third-order valence-corrected chi connectivity index (χ3v) is 6.26. The van der Waals surface area contributed by atoms with Crippen molar-refractivity contribution in [2.45, 2.75) is 71.4 Å². The molecule has 0 rings (SSSR count). The fraction of sp³-hybridized carbons (Fsp3) is 0.810. The lowest BCUT2D eigenvalue weighted by Crippen LogP contribution is -2.49. The molecule has 0 fully saturated rings. The number of nitrogens with one attached hydrogen (secondary N) is 4. The summed E-state index contributed by atoms with van der Waals surface area (Å²) in [6.45, 7) is 6.39. The van der Waals surface area contributed by atoms with E-state index in [1.165, 1.54) is 0 Å². The number of urea groups is 1. The van der Waals surface area contributed by atoms with Crippen LogP contribution >= 0.6 is 31.9 Å². The van der Waals surface area contributed by atoms with Crippen molar-refractivity contribution >= 4 is 55.5 Å². The van der Waals surface area contributed by atoms with Crippen LogP contribution in [0, 0.1) is 5.41 Å². The number of amides is 4. The van der Waals surface area contributed by atoms with Gasteiger partial charge in [-0.25, -0.2) is 4.79 Å². The van der Waals surface area contributed by atoms with Crippen molar-refractivity contribution in [3.63, 3.8) is 0 Å². The Morgan fingerprint density at radius 2 is 1.53 bits per heavy atom. The van der Waals surface area contributed by atoms with E-state index >= 15 is 0 Å². The van der Waals surface area contributed by atoms with E-state index in [1.807, 2.05) is 0 Å². The first-order valence-corrected chi connectivity index (χ1v) is 13.2. The maximum absolute atomic E-state index is 12.7. The topological polar surface area (TPSA) is 142 Å². The Morgan fingerprint density at radius 1 is 0.875 bits per heavy atom. The second-order valence-corrected chi connectivity index (χ2v) is 10.0. The molecule has 4 amide bonds. The number of halogens is 2. The van der Waals surface area contributed by atoms with Crippen LogP contribution in [0.2, 0.25) is 0 Å². The molecule has 0 bridgehead atoms. The summed E-state index contributed by atoms with van der Waals surface area (Å²) < 4.78 is 0. The summed E-state index contributed by atoms with van der Waals surface area (Å²) in [6.07, 6.45) is 3.87. The number of ketones is 1. The van der Waals surface area contributed by atoms with Gasteiger partial charge in [-0.05, 0) is 32.2 Å². The van der Waals surface area contributed by atoms with Crippen LogP contribution in [0.15, 0.2) is 0 Å². The fourth-order valence-corrected chi connectivity index (χ4v) is 4.40. The number of nitrogens with two attached hydrogens (primary N) is 1. The average Bonchev–Trinajstić information content (AvgIpc) is 2.72. The highest BCUT2D eigenvalue weighted by molar-refractivity contribution is 9.09. The molecule has 0 aromatic heterocycles. The third-order valence-electron chi connectivity index (χ3n) is 4.69. The summed E-state index contributed by atoms with van der Waals surface area (Å²) in [5.74, 6) is -0.702. The summed E-state index contributed by atoms with van der Waals surface area (Å²) in [6, 6.07) is -0.927. The summed E-state index contributed by atoms with van der Waals surface area (Å²) in [4.78, 5) is 47.7. The Morgan fingerprint density at radius 3 is 2.09 bits per heavy atom. The first kappa shape index (κ1) is 30.8. The van der Waals surface area contributed by atoms with E-state index in [9.17, 15) is 19.2 Å². The van der Waals surface area contributed by atoms with Gasteiger partial charge >= 0.3 is 6.03 Å². The number of carbonyl (C=O) groups excluding carboxylic acids is 4. The molecule has 11 heteroatoms. The van der Waals surface area contributed by atoms with Gasteiger partial charge in [0.25, 0.3) is 0 Å². The molecule has 0 radical (unpaired) electrons. The SMILES string of the molecule is CC(C)(C)C(=O)[C@H](CCCNC(N)=O)NC(=O)CNC(=O)CCCCCNC(CBr)CBr. The molecule has 9 nitrogen and oxygen atoms in total. The smallest absolute Gasteiger partial charge is 0.312 e. The molecule has 0 saturated carbocycles. The first-order chi connectivity index (χ1) is 15.0. The lowest BCUT2D eigenvalue weighted by molar-refractivity contribution is -0.132. The number of Topliss-reactive ketones (excluding diaryl/α,β-unsaturated/α-hetero) is 1. The molecule has 0 unspecified atom stereocenters. The van der Waals surface area contributed by atoms with Gasteiger partial charge in [0.1, 0.15) is 0 Å². The van der Waals surface area contributed by atoms with Crippen LogP contribution in [0.1, 0.15) is 59.3 Å². The van der Waals surface area contributed by atoms with E-state index in [0.717, 1.165) is 36.5 Å². The van der Waals surface area contributed by atoms with E-state index < -0.39 is 23.4 Å². The molecular formula is C21H39Br2N5O4. The summed E-state index contributed by atoms with van der Waals surface area (Å²) in [5.41, 5.74) is 4.41. The summed E-state index contributed by atoms with van der Waals surface area (Å²) in [7, 11) is 0. The zero-order chi connectivity index (χ0) is 24.6. The first-order valence-electron chi connectivity index (χ1n) is 11.0. The minimum atomic E-state index is -0.690. The highest BCUT2D eigenvalue weighted by Gasteiger charge is 2.30. The van der Waals surface area contributed by atoms with E-state index in [4.69, 9.17) is 5.73 Å². The molecule has 32 heavy (non-hydrogen) atoms. The van der Waals surface area contributed by atoms with Crippen LogP contribution in [0.3, 0.4) is 0 Å². The van der Waals surface area contributed by atoms with Crippen molar-refractivity contribution in [3.05, 3.63) is 0 Å². The van der Waals surface area contributed by atoms with Gasteiger partial charge in [-0.3, -0.25) is 14.4 Å². The van der Waals surface area contributed by atoms with Gasteiger partial charge in [-0.1, -0.05) is 59.1 Å². The Kier molecular flexibility index (Phi) is 16.7. The molecule has 0 spiro atoms. The Labute approximate surface area is 208 Å².